The molecule has 112 valence electrons. The Balaban J connectivity index is -0.000000256. The minimum Gasteiger partial charge on any atom is -0.343 e. The van der Waals surface area contributed by atoms with Crippen molar-refractivity contribution in [1.82, 2.24) is 0 Å². The molecule has 0 saturated carbocycles. The Morgan fingerprint density at radius 1 is 0.684 bits per heavy atom. The molecule has 0 heterocycles. The molecule has 2 unspecified atom stereocenters. The fourth-order valence-corrected chi connectivity index (χ4v) is 2.09. The maximum atomic E-state index is 3.83. The van der Waals surface area contributed by atoms with Gasteiger partial charge in [-0.25, -0.2) is 0 Å². The molecule has 0 aromatic heterocycles. The van der Waals surface area contributed by atoms with Crippen LogP contribution in [-0.2, 0) is 0 Å². The summed E-state index contributed by atoms with van der Waals surface area (Å²) in [5.41, 5.74) is 0. The molecule has 0 saturated heterocycles. The van der Waals surface area contributed by atoms with Gasteiger partial charge >= 0.3 is 23.1 Å². The zero-order valence-corrected chi connectivity index (χ0v) is 15.8. The van der Waals surface area contributed by atoms with Crippen molar-refractivity contribution in [2.45, 2.75) is 91.9 Å². The fourth-order valence-electron chi connectivity index (χ4n) is 2.09. The molecule has 1 heteroatoms. The van der Waals surface area contributed by atoms with Crippen LogP contribution in [0.2, 0.25) is 0 Å². The van der Waals surface area contributed by atoms with Crippen LogP contribution in [0.25, 0.3) is 0 Å². The fraction of sp³-hybridized carbons (Fsp3) is 0.889. The number of hydrogen-bond donors (Lipinski definition) is 0. The van der Waals surface area contributed by atoms with Gasteiger partial charge in [0.05, 0.1) is 0 Å². The van der Waals surface area contributed by atoms with Gasteiger partial charge in [-0.2, -0.15) is 12.8 Å². The molecular weight excluding hydrogens is 241 g/mol. The summed E-state index contributed by atoms with van der Waals surface area (Å²) in [6, 6.07) is 0. The van der Waals surface area contributed by atoms with Crippen LogP contribution >= 0.6 is 0 Å². The summed E-state index contributed by atoms with van der Waals surface area (Å²) in [6.07, 6.45) is 13.1. The summed E-state index contributed by atoms with van der Waals surface area (Å²) in [5.74, 6) is 1.81. The Hall–Kier alpha value is 0.766. The summed E-state index contributed by atoms with van der Waals surface area (Å²) in [4.78, 5) is 0. The summed E-state index contributed by atoms with van der Waals surface area (Å²) in [5, 5.41) is 0. The normalized spacial score (nSPS) is 12.9. The van der Waals surface area contributed by atoms with E-state index in [0.717, 1.165) is 24.7 Å². The van der Waals surface area contributed by atoms with Gasteiger partial charge in [0.15, 0.2) is 0 Å². The monoisotopic (exact) mass is 278 g/mol. The summed E-state index contributed by atoms with van der Waals surface area (Å²) in [6.45, 7) is 16.8. The van der Waals surface area contributed by atoms with E-state index in [1.54, 1.807) is 0 Å². The van der Waals surface area contributed by atoms with Gasteiger partial charge in [0.25, 0.3) is 0 Å². The quantitative estimate of drug-likeness (QED) is 0.317. The zero-order chi connectivity index (χ0) is 14.2. The predicted octanol–water partition coefficient (Wildman–Crippen LogP) is 6.47. The molecule has 0 N–H and O–H groups in total. The van der Waals surface area contributed by atoms with E-state index in [4.69, 9.17) is 0 Å². The van der Waals surface area contributed by atoms with Gasteiger partial charge < -0.3 is 13.8 Å². The van der Waals surface area contributed by atoms with Crippen LogP contribution < -0.4 is 0 Å². The Morgan fingerprint density at radius 2 is 1.00 bits per heavy atom. The van der Waals surface area contributed by atoms with E-state index in [1.807, 2.05) is 0 Å². The first-order valence-electron chi connectivity index (χ1n) is 8.20. The van der Waals surface area contributed by atoms with E-state index in [9.17, 15) is 0 Å². The number of rotatable bonds is 10. The van der Waals surface area contributed by atoms with Crippen LogP contribution in [0.15, 0.2) is 0 Å². The average Bonchev–Trinajstić information content (AvgIpc) is 2.35. The minimum atomic E-state index is 0. The topological polar surface area (TPSA) is 0 Å². The molecule has 0 spiro atoms. The van der Waals surface area contributed by atoms with Crippen molar-refractivity contribution in [3.05, 3.63) is 13.8 Å². The molecular formula is C18H38Mg. The van der Waals surface area contributed by atoms with Crippen LogP contribution in [0.5, 0.6) is 0 Å². The predicted molar refractivity (Wildman–Crippen MR) is 92.3 cm³/mol. The number of unbranched alkanes of at least 4 members (excludes halogenated alkanes) is 2. The Bertz CT molecular complexity index is 118. The Morgan fingerprint density at radius 3 is 1.21 bits per heavy atom. The van der Waals surface area contributed by atoms with Crippen LogP contribution in [0.1, 0.15) is 91.9 Å². The molecule has 0 amide bonds. The molecule has 0 rings (SSSR count). The smallest absolute Gasteiger partial charge is 0.343 e. The first-order valence-corrected chi connectivity index (χ1v) is 8.20. The van der Waals surface area contributed by atoms with Crippen molar-refractivity contribution in [1.29, 1.82) is 0 Å². The van der Waals surface area contributed by atoms with Crippen molar-refractivity contribution in [2.75, 3.05) is 0 Å². The Kier molecular flexibility index (Phi) is 27.5. The first kappa shape index (κ1) is 24.8. The maximum absolute atomic E-state index is 3.83. The van der Waals surface area contributed by atoms with E-state index in [2.05, 4.69) is 41.5 Å². The van der Waals surface area contributed by atoms with E-state index in [1.165, 1.54) is 51.4 Å². The molecule has 0 bridgehead atoms. The molecule has 0 aliphatic carbocycles. The van der Waals surface area contributed by atoms with Crippen molar-refractivity contribution in [3.8, 4) is 0 Å². The van der Waals surface area contributed by atoms with Gasteiger partial charge in [-0.05, 0) is 11.8 Å². The second-order valence-corrected chi connectivity index (χ2v) is 5.78. The van der Waals surface area contributed by atoms with E-state index >= 15 is 0 Å². The third kappa shape index (κ3) is 24.2. The molecule has 0 fully saturated rings. The van der Waals surface area contributed by atoms with Gasteiger partial charge in [0.1, 0.15) is 0 Å². The second-order valence-electron chi connectivity index (χ2n) is 5.78. The van der Waals surface area contributed by atoms with Crippen molar-refractivity contribution >= 4 is 23.1 Å². The van der Waals surface area contributed by atoms with Gasteiger partial charge in [0, 0.05) is 0 Å². The second kappa shape index (κ2) is 21.1. The molecule has 0 aromatic carbocycles. The molecule has 19 heavy (non-hydrogen) atoms. The van der Waals surface area contributed by atoms with Gasteiger partial charge in [-0.15, -0.1) is 0 Å². The van der Waals surface area contributed by atoms with Crippen molar-refractivity contribution < 1.29 is 0 Å². The maximum Gasteiger partial charge on any atom is 2.00 e. The van der Waals surface area contributed by atoms with Crippen molar-refractivity contribution in [2.24, 2.45) is 11.8 Å². The summed E-state index contributed by atoms with van der Waals surface area (Å²) < 4.78 is 0. The molecule has 0 aromatic rings. The third-order valence-electron chi connectivity index (χ3n) is 3.49. The molecule has 0 radical (unpaired) electrons. The third-order valence-corrected chi connectivity index (χ3v) is 3.49. The van der Waals surface area contributed by atoms with Crippen molar-refractivity contribution in [3.63, 3.8) is 0 Å². The largest absolute Gasteiger partial charge is 2.00 e. The van der Waals surface area contributed by atoms with Crippen LogP contribution in [0.3, 0.4) is 0 Å². The average molecular weight is 279 g/mol. The SMILES string of the molecule is [CH2-]CCC(C)CCCC.[CH2-]CCC(C)CCCC.[Mg+2]. The van der Waals surface area contributed by atoms with E-state index < -0.39 is 0 Å². The van der Waals surface area contributed by atoms with Gasteiger partial charge in [0.2, 0.25) is 0 Å². The number of hydrogen-bond acceptors (Lipinski definition) is 0. The molecule has 2 atom stereocenters. The summed E-state index contributed by atoms with van der Waals surface area (Å²) >= 11 is 0. The standard InChI is InChI=1S/2C9H19.Mg/c2*1-4-6-8-9(3)7-5-2;/h2*9H,2,4-8H2,1,3H3;/q2*-1;+2. The van der Waals surface area contributed by atoms with E-state index in [0.29, 0.717) is 0 Å². The molecule has 0 aliphatic rings. The minimum absolute atomic E-state index is 0. The summed E-state index contributed by atoms with van der Waals surface area (Å²) in [7, 11) is 0. The van der Waals surface area contributed by atoms with Crippen LogP contribution in [-0.4, -0.2) is 23.1 Å². The molecule has 0 nitrogen and oxygen atoms in total. The van der Waals surface area contributed by atoms with Gasteiger partial charge in [-0.1, -0.05) is 79.1 Å². The zero-order valence-electron chi connectivity index (χ0n) is 14.3. The Labute approximate surface area is 140 Å². The van der Waals surface area contributed by atoms with E-state index in [-0.39, 0.29) is 23.1 Å². The molecule has 0 aliphatic heterocycles. The van der Waals surface area contributed by atoms with Gasteiger partial charge in [-0.3, -0.25) is 0 Å². The van der Waals surface area contributed by atoms with Crippen LogP contribution in [0, 0.1) is 25.7 Å². The first-order chi connectivity index (χ1) is 8.62. The van der Waals surface area contributed by atoms with Crippen LogP contribution in [0.4, 0.5) is 0 Å².